The number of carbonyl (C=O) groups is 1. The molecule has 0 fully saturated rings. The van der Waals surface area contributed by atoms with E-state index in [1.54, 1.807) is 0 Å². The van der Waals surface area contributed by atoms with Gasteiger partial charge in [0.1, 0.15) is 0 Å². The van der Waals surface area contributed by atoms with Crippen LogP contribution >= 0.6 is 0 Å². The minimum absolute atomic E-state index is 0.106. The minimum Gasteiger partial charge on any atom is -0.355 e. The van der Waals surface area contributed by atoms with Gasteiger partial charge < -0.3 is 5.32 Å². The number of benzene rings is 2. The Kier molecular flexibility index (Phi) is 7.24. The zero-order valence-corrected chi connectivity index (χ0v) is 16.1. The normalized spacial score (nSPS) is 12.0. The van der Waals surface area contributed by atoms with Crippen LogP contribution in [-0.4, -0.2) is 12.5 Å². The molecule has 1 N–H and O–H groups in total. The van der Waals surface area contributed by atoms with Crippen LogP contribution in [0.15, 0.2) is 42.5 Å². The lowest BCUT2D eigenvalue weighted by Crippen LogP contribution is -2.31. The molecular formula is C23H31NO. The third-order valence-electron chi connectivity index (χ3n) is 5.14. The summed E-state index contributed by atoms with van der Waals surface area (Å²) in [5.74, 6) is -0.138. The first kappa shape index (κ1) is 19.2. The van der Waals surface area contributed by atoms with Crippen LogP contribution in [0.3, 0.4) is 0 Å². The largest absolute Gasteiger partial charge is 0.355 e. The van der Waals surface area contributed by atoms with Crippen LogP contribution in [0.25, 0.3) is 0 Å². The van der Waals surface area contributed by atoms with E-state index in [1.165, 1.54) is 36.0 Å². The molecule has 0 bridgehead atoms. The van der Waals surface area contributed by atoms with E-state index in [-0.39, 0.29) is 11.8 Å². The molecule has 0 aliphatic rings. The van der Waals surface area contributed by atoms with Crippen molar-refractivity contribution in [3.05, 3.63) is 70.3 Å². The predicted molar refractivity (Wildman–Crippen MR) is 106 cm³/mol. The Hall–Kier alpha value is -2.09. The van der Waals surface area contributed by atoms with Crippen molar-refractivity contribution in [2.75, 3.05) is 6.54 Å². The number of rotatable bonds is 8. The molecule has 2 nitrogen and oxygen atoms in total. The van der Waals surface area contributed by atoms with Crippen LogP contribution < -0.4 is 5.32 Å². The quantitative estimate of drug-likeness (QED) is 0.638. The monoisotopic (exact) mass is 337 g/mol. The van der Waals surface area contributed by atoms with Gasteiger partial charge in [-0.25, -0.2) is 0 Å². The second-order valence-corrected chi connectivity index (χ2v) is 6.92. The summed E-state index contributed by atoms with van der Waals surface area (Å²) in [6.45, 7) is 9.34. The molecule has 1 amide bonds. The van der Waals surface area contributed by atoms with E-state index in [0.717, 1.165) is 24.1 Å². The lowest BCUT2D eigenvalue weighted by molar-refractivity contribution is -0.121. The van der Waals surface area contributed by atoms with E-state index in [1.807, 2.05) is 18.2 Å². The van der Waals surface area contributed by atoms with Gasteiger partial charge in [0.15, 0.2) is 0 Å². The van der Waals surface area contributed by atoms with Crippen molar-refractivity contribution in [1.29, 1.82) is 0 Å². The Labute approximate surface area is 152 Å². The van der Waals surface area contributed by atoms with E-state index < -0.39 is 0 Å². The minimum atomic E-state index is -0.244. The first-order valence-corrected chi connectivity index (χ1v) is 9.45. The summed E-state index contributed by atoms with van der Waals surface area (Å²) < 4.78 is 0. The van der Waals surface area contributed by atoms with Gasteiger partial charge in [0, 0.05) is 6.54 Å². The Morgan fingerprint density at radius 1 is 0.920 bits per heavy atom. The molecule has 0 aliphatic heterocycles. The number of amides is 1. The highest BCUT2D eigenvalue weighted by molar-refractivity contribution is 5.87. The highest BCUT2D eigenvalue weighted by Crippen LogP contribution is 2.30. The SMILES string of the molecule is CCCCCCNC(=O)C(c1ccccc1)c1ccc(C)c(C)c1C. The summed E-state index contributed by atoms with van der Waals surface area (Å²) in [5, 5.41) is 3.16. The molecule has 0 heterocycles. The molecule has 1 atom stereocenters. The van der Waals surface area contributed by atoms with E-state index in [2.05, 4.69) is 57.3 Å². The number of carbonyl (C=O) groups excluding carboxylic acids is 1. The smallest absolute Gasteiger partial charge is 0.232 e. The maximum atomic E-state index is 13.0. The molecule has 2 aromatic rings. The number of aryl methyl sites for hydroxylation is 1. The Morgan fingerprint density at radius 2 is 1.64 bits per heavy atom. The van der Waals surface area contributed by atoms with Crippen LogP contribution in [0.2, 0.25) is 0 Å². The van der Waals surface area contributed by atoms with Crippen LogP contribution in [0.5, 0.6) is 0 Å². The number of hydrogen-bond donors (Lipinski definition) is 1. The Balaban J connectivity index is 2.26. The summed E-state index contributed by atoms with van der Waals surface area (Å²) in [7, 11) is 0. The van der Waals surface area contributed by atoms with Crippen molar-refractivity contribution in [1.82, 2.24) is 5.32 Å². The van der Waals surface area contributed by atoms with Gasteiger partial charge in [-0.1, -0.05) is 68.7 Å². The highest BCUT2D eigenvalue weighted by Gasteiger charge is 2.24. The summed E-state index contributed by atoms with van der Waals surface area (Å²) in [4.78, 5) is 13.0. The summed E-state index contributed by atoms with van der Waals surface area (Å²) >= 11 is 0. The first-order valence-electron chi connectivity index (χ1n) is 9.45. The van der Waals surface area contributed by atoms with Crippen molar-refractivity contribution < 1.29 is 4.79 Å². The average molecular weight is 338 g/mol. The van der Waals surface area contributed by atoms with Gasteiger partial charge in [0.2, 0.25) is 5.91 Å². The molecule has 0 saturated heterocycles. The van der Waals surface area contributed by atoms with E-state index >= 15 is 0 Å². The number of hydrogen-bond acceptors (Lipinski definition) is 1. The maximum absolute atomic E-state index is 13.0. The van der Waals surface area contributed by atoms with Gasteiger partial charge in [-0.05, 0) is 55.0 Å². The van der Waals surface area contributed by atoms with Crippen LogP contribution in [0.4, 0.5) is 0 Å². The molecule has 0 aromatic heterocycles. The second kappa shape index (κ2) is 9.41. The first-order chi connectivity index (χ1) is 12.1. The average Bonchev–Trinajstić information content (AvgIpc) is 2.62. The van der Waals surface area contributed by atoms with Gasteiger partial charge >= 0.3 is 0 Å². The Bertz CT molecular complexity index is 691. The molecule has 2 heteroatoms. The molecule has 0 radical (unpaired) electrons. The van der Waals surface area contributed by atoms with Gasteiger partial charge in [-0.3, -0.25) is 4.79 Å². The van der Waals surface area contributed by atoms with Crippen molar-refractivity contribution in [3.8, 4) is 0 Å². The lowest BCUT2D eigenvalue weighted by Gasteiger charge is -2.21. The molecule has 2 aromatic carbocycles. The number of unbranched alkanes of at least 4 members (excludes halogenated alkanes) is 3. The van der Waals surface area contributed by atoms with Crippen molar-refractivity contribution >= 4 is 5.91 Å². The Morgan fingerprint density at radius 3 is 2.32 bits per heavy atom. The fourth-order valence-corrected chi connectivity index (χ4v) is 3.27. The maximum Gasteiger partial charge on any atom is 0.232 e. The standard InChI is InChI=1S/C23H31NO/c1-5-6-7-11-16-24-23(25)22(20-12-9-8-10-13-20)21-15-14-17(2)18(3)19(21)4/h8-10,12-15,22H,5-7,11,16H2,1-4H3,(H,24,25). The molecule has 0 saturated carbocycles. The molecule has 1 unspecified atom stereocenters. The number of nitrogens with one attached hydrogen (secondary N) is 1. The molecule has 0 aliphatic carbocycles. The van der Waals surface area contributed by atoms with Gasteiger partial charge in [0.05, 0.1) is 5.92 Å². The van der Waals surface area contributed by atoms with E-state index in [9.17, 15) is 4.79 Å². The third kappa shape index (κ3) is 4.94. The highest BCUT2D eigenvalue weighted by atomic mass is 16.1. The van der Waals surface area contributed by atoms with Gasteiger partial charge in [-0.2, -0.15) is 0 Å². The van der Waals surface area contributed by atoms with Crippen molar-refractivity contribution in [3.63, 3.8) is 0 Å². The predicted octanol–water partition coefficient (Wildman–Crippen LogP) is 5.44. The molecule has 134 valence electrons. The summed E-state index contributed by atoms with van der Waals surface area (Å²) in [6.07, 6.45) is 4.67. The third-order valence-corrected chi connectivity index (χ3v) is 5.14. The fourth-order valence-electron chi connectivity index (χ4n) is 3.27. The summed E-state index contributed by atoms with van der Waals surface area (Å²) in [5.41, 5.74) is 5.93. The van der Waals surface area contributed by atoms with Crippen molar-refractivity contribution in [2.24, 2.45) is 0 Å². The van der Waals surface area contributed by atoms with E-state index in [4.69, 9.17) is 0 Å². The molecule has 0 spiro atoms. The second-order valence-electron chi connectivity index (χ2n) is 6.92. The summed E-state index contributed by atoms with van der Waals surface area (Å²) in [6, 6.07) is 14.4. The molecule has 25 heavy (non-hydrogen) atoms. The zero-order valence-electron chi connectivity index (χ0n) is 16.1. The fraction of sp³-hybridized carbons (Fsp3) is 0.435. The van der Waals surface area contributed by atoms with Crippen LogP contribution in [0, 0.1) is 20.8 Å². The zero-order chi connectivity index (χ0) is 18.2. The van der Waals surface area contributed by atoms with Crippen LogP contribution in [0.1, 0.15) is 66.3 Å². The van der Waals surface area contributed by atoms with Crippen LogP contribution in [-0.2, 0) is 4.79 Å². The lowest BCUT2D eigenvalue weighted by atomic mass is 9.85. The molecule has 2 rings (SSSR count). The van der Waals surface area contributed by atoms with Gasteiger partial charge in [-0.15, -0.1) is 0 Å². The van der Waals surface area contributed by atoms with Gasteiger partial charge in [0.25, 0.3) is 0 Å². The molecular weight excluding hydrogens is 306 g/mol. The van der Waals surface area contributed by atoms with E-state index in [0.29, 0.717) is 0 Å². The topological polar surface area (TPSA) is 29.1 Å². The van der Waals surface area contributed by atoms with Crippen molar-refractivity contribution in [2.45, 2.75) is 59.3 Å².